The highest BCUT2D eigenvalue weighted by molar-refractivity contribution is 5.73. The topological polar surface area (TPSA) is 63.3 Å². The first-order valence-corrected chi connectivity index (χ1v) is 3.70. The molecule has 0 heterocycles. The fourth-order valence-electron chi connectivity index (χ4n) is 0.951. The Morgan fingerprint density at radius 2 is 2.25 bits per heavy atom. The minimum absolute atomic E-state index is 0.401. The number of hydrogen-bond acceptors (Lipinski definition) is 3. The minimum atomic E-state index is -0.750. The Labute approximate surface area is 72.3 Å². The summed E-state index contributed by atoms with van der Waals surface area (Å²) in [5.74, 6) is -0.705. The molecule has 1 aromatic rings. The van der Waals surface area contributed by atoms with Gasteiger partial charge in [0.15, 0.2) is 0 Å². The zero-order valence-electron chi connectivity index (χ0n) is 7.57. The van der Waals surface area contributed by atoms with Gasteiger partial charge in [0.1, 0.15) is 6.04 Å². The molecule has 64 valence electrons. The number of rotatable bonds is 3. The summed E-state index contributed by atoms with van der Waals surface area (Å²) in [6, 6.07) is 8.62. The predicted octanol–water partition coefficient (Wildman–Crippen LogP) is 0.641. The van der Waals surface area contributed by atoms with Crippen LogP contribution in [0.5, 0.6) is 0 Å². The second-order valence-electron chi connectivity index (χ2n) is 2.62. The summed E-state index contributed by atoms with van der Waals surface area (Å²) in [6.45, 7) is 0. The molecular formula is C9H11NO2. The zero-order chi connectivity index (χ0) is 9.68. The highest BCUT2D eigenvalue weighted by atomic mass is 16.4. The van der Waals surface area contributed by atoms with Crippen LogP contribution >= 0.6 is 0 Å². The summed E-state index contributed by atoms with van der Waals surface area (Å²) in [6.07, 6.45) is 0.401. The summed E-state index contributed by atoms with van der Waals surface area (Å²) in [7, 11) is 0. The number of hydrogen-bond donors (Lipinski definition) is 2. The largest absolute Gasteiger partial charge is 0.480 e. The van der Waals surface area contributed by atoms with Crippen LogP contribution in [0.25, 0.3) is 1.43 Å². The van der Waals surface area contributed by atoms with E-state index in [0.717, 1.165) is 5.56 Å². The average Bonchev–Trinajstić information content (AvgIpc) is 2.18. The van der Waals surface area contributed by atoms with Crippen molar-refractivity contribution in [2.45, 2.75) is 12.5 Å². The Morgan fingerprint density at radius 3 is 2.83 bits per heavy atom. The SMILES string of the molecule is [2H]OC(=O)[C@H](N)Cc1ccccc1. The maximum atomic E-state index is 10.8. The molecule has 0 bridgehead atoms. The van der Waals surface area contributed by atoms with Crippen LogP contribution in [0.4, 0.5) is 0 Å². The van der Waals surface area contributed by atoms with Crippen molar-refractivity contribution in [3.63, 3.8) is 0 Å². The van der Waals surface area contributed by atoms with Gasteiger partial charge in [-0.3, -0.25) is 4.79 Å². The van der Waals surface area contributed by atoms with E-state index in [2.05, 4.69) is 5.11 Å². The van der Waals surface area contributed by atoms with Crippen molar-refractivity contribution in [2.24, 2.45) is 5.73 Å². The third-order valence-electron chi connectivity index (χ3n) is 1.60. The fourth-order valence-corrected chi connectivity index (χ4v) is 0.951. The Kier molecular flexibility index (Phi) is 2.36. The van der Waals surface area contributed by atoms with Gasteiger partial charge in [-0.15, -0.1) is 0 Å². The molecule has 1 atom stereocenters. The van der Waals surface area contributed by atoms with Crippen molar-refractivity contribution in [2.75, 3.05) is 0 Å². The molecule has 0 radical (unpaired) electrons. The molecule has 0 saturated heterocycles. The first kappa shape index (κ1) is 7.31. The van der Waals surface area contributed by atoms with Gasteiger partial charge >= 0.3 is 5.97 Å². The van der Waals surface area contributed by atoms with Crippen LogP contribution in [-0.4, -0.2) is 17.1 Å². The van der Waals surface area contributed by atoms with E-state index < -0.39 is 12.0 Å². The molecule has 0 spiro atoms. The first-order chi connectivity index (χ1) is 6.24. The van der Waals surface area contributed by atoms with Crippen LogP contribution in [0.2, 0.25) is 0 Å². The lowest BCUT2D eigenvalue weighted by Crippen LogP contribution is -2.32. The van der Waals surface area contributed by atoms with Crippen molar-refractivity contribution in [1.82, 2.24) is 0 Å². The van der Waals surface area contributed by atoms with Crippen LogP contribution in [0.15, 0.2) is 30.3 Å². The first-order valence-electron chi connectivity index (χ1n) is 4.11. The van der Waals surface area contributed by atoms with Gasteiger partial charge in [0.2, 0.25) is 0 Å². The van der Waals surface area contributed by atoms with Crippen LogP contribution in [0, 0.1) is 0 Å². The van der Waals surface area contributed by atoms with E-state index in [-0.39, 0.29) is 0 Å². The van der Waals surface area contributed by atoms with Crippen LogP contribution in [0.1, 0.15) is 5.56 Å². The number of benzene rings is 1. The normalized spacial score (nSPS) is 13.2. The maximum Gasteiger partial charge on any atom is 0.320 e. The fraction of sp³-hybridized carbons (Fsp3) is 0.222. The second kappa shape index (κ2) is 3.88. The van der Waals surface area contributed by atoms with Gasteiger partial charge in [-0.25, -0.2) is 0 Å². The van der Waals surface area contributed by atoms with Crippen LogP contribution in [-0.2, 0) is 11.2 Å². The highest BCUT2D eigenvalue weighted by Gasteiger charge is 2.10. The Morgan fingerprint density at radius 1 is 1.58 bits per heavy atom. The molecular weight excluding hydrogens is 154 g/mol. The van der Waals surface area contributed by atoms with E-state index in [1.807, 2.05) is 30.3 Å². The van der Waals surface area contributed by atoms with E-state index in [4.69, 9.17) is 7.16 Å². The highest BCUT2D eigenvalue weighted by Crippen LogP contribution is 2.01. The number of aliphatic carboxylic acids is 1. The standard InChI is InChI=1S/C9H11NO2/c10-8(9(11)12)6-7-4-2-1-3-5-7/h1-5,8H,6,10H2,(H,11,12)/t8-/m1/s1/i/hD. The molecule has 0 aliphatic rings. The van der Waals surface area contributed by atoms with Crippen molar-refractivity contribution in [3.05, 3.63) is 35.9 Å². The number of nitrogens with two attached hydrogens (primary N) is 1. The minimum Gasteiger partial charge on any atom is -0.480 e. The molecule has 1 rings (SSSR count). The van der Waals surface area contributed by atoms with Crippen LogP contribution < -0.4 is 5.73 Å². The molecule has 0 fully saturated rings. The summed E-state index contributed by atoms with van der Waals surface area (Å²) < 4.78 is 6.38. The number of carboxylic acids is 1. The van der Waals surface area contributed by atoms with E-state index in [1.54, 1.807) is 0 Å². The summed E-state index contributed by atoms with van der Waals surface area (Å²) in [4.78, 5) is 10.8. The molecule has 0 aliphatic heterocycles. The van der Waals surface area contributed by atoms with Crippen molar-refractivity contribution >= 4 is 5.97 Å². The summed E-state index contributed by atoms with van der Waals surface area (Å²) in [5, 5.41) is 3.77. The molecule has 0 amide bonds. The molecule has 3 heteroatoms. The van der Waals surface area contributed by atoms with Gasteiger partial charge in [-0.05, 0) is 12.0 Å². The number of carboxylic acid groups (broad SMARTS) is 1. The van der Waals surface area contributed by atoms with Gasteiger partial charge in [-0.2, -0.15) is 0 Å². The lowest BCUT2D eigenvalue weighted by atomic mass is 10.1. The van der Waals surface area contributed by atoms with E-state index in [0.29, 0.717) is 6.42 Å². The number of carbonyl (C=O) groups is 1. The Hall–Kier alpha value is -1.35. The monoisotopic (exact) mass is 166 g/mol. The molecule has 0 aromatic heterocycles. The molecule has 0 unspecified atom stereocenters. The van der Waals surface area contributed by atoms with Crippen molar-refractivity contribution in [3.8, 4) is 0 Å². The zero-order valence-corrected chi connectivity index (χ0v) is 6.57. The van der Waals surface area contributed by atoms with Gasteiger partial charge in [-0.1, -0.05) is 30.3 Å². The van der Waals surface area contributed by atoms with Gasteiger partial charge < -0.3 is 10.8 Å². The van der Waals surface area contributed by atoms with Crippen molar-refractivity contribution in [1.29, 1.82) is 1.43 Å². The smallest absolute Gasteiger partial charge is 0.320 e. The summed E-state index contributed by atoms with van der Waals surface area (Å²) >= 11 is 0. The quantitative estimate of drug-likeness (QED) is 0.692. The van der Waals surface area contributed by atoms with E-state index >= 15 is 0 Å². The lowest BCUT2D eigenvalue weighted by molar-refractivity contribution is -0.138. The molecule has 12 heavy (non-hydrogen) atoms. The van der Waals surface area contributed by atoms with Crippen LogP contribution in [0.3, 0.4) is 0 Å². The lowest BCUT2D eigenvalue weighted by Gasteiger charge is -2.04. The molecule has 1 aromatic carbocycles. The maximum absolute atomic E-state index is 10.8. The van der Waals surface area contributed by atoms with Gasteiger partial charge in [0.25, 0.3) is 1.43 Å². The van der Waals surface area contributed by atoms with E-state index in [1.165, 1.54) is 0 Å². The predicted molar refractivity (Wildman–Crippen MR) is 45.8 cm³/mol. The third-order valence-corrected chi connectivity index (χ3v) is 1.60. The van der Waals surface area contributed by atoms with Gasteiger partial charge in [0.05, 0.1) is 0 Å². The van der Waals surface area contributed by atoms with Gasteiger partial charge in [0, 0.05) is 0 Å². The molecule has 3 nitrogen and oxygen atoms in total. The second-order valence-corrected chi connectivity index (χ2v) is 2.62. The third kappa shape index (κ3) is 2.36. The van der Waals surface area contributed by atoms with E-state index in [9.17, 15) is 4.79 Å². The molecule has 0 saturated carbocycles. The average molecular weight is 166 g/mol. The summed E-state index contributed by atoms with van der Waals surface area (Å²) in [5.41, 5.74) is 6.42. The molecule has 0 aliphatic carbocycles. The Bertz CT molecular complexity index is 276. The molecule has 3 N–H and O–H groups in total. The Balaban J connectivity index is 2.55. The van der Waals surface area contributed by atoms with Crippen molar-refractivity contribution < 1.29 is 9.90 Å².